The standard InChI is InChI=1S/C27H23F6N3O4/c1-16-4-2-3-13-35(16)22-11-7-18(26(28,29)30)14-21(22)34-25(37)17-5-9-20(10-6-17)40-24-12-8-19(27(31,32)33)15-23(24)36(38)39/h5-12,14-16H,2-4,13H2,1H3,(H,34,37)/t16-/m1/s1. The van der Waals surface area contributed by atoms with Gasteiger partial charge in [0.1, 0.15) is 5.75 Å². The molecule has 212 valence electrons. The van der Waals surface area contributed by atoms with Crippen LogP contribution in [-0.2, 0) is 12.4 Å². The maximum atomic E-state index is 13.4. The number of benzene rings is 3. The van der Waals surface area contributed by atoms with E-state index in [0.29, 0.717) is 24.4 Å². The van der Waals surface area contributed by atoms with Gasteiger partial charge in [0.2, 0.25) is 5.75 Å². The van der Waals surface area contributed by atoms with Gasteiger partial charge in [0, 0.05) is 24.2 Å². The highest BCUT2D eigenvalue weighted by Gasteiger charge is 2.34. The minimum atomic E-state index is -4.79. The number of nitro groups is 1. The predicted octanol–water partition coefficient (Wildman–Crippen LogP) is 8.06. The molecular formula is C27H23F6N3O4. The first kappa shape index (κ1) is 28.7. The third-order valence-corrected chi connectivity index (χ3v) is 6.51. The quantitative estimate of drug-likeness (QED) is 0.185. The Kier molecular flexibility index (Phi) is 7.94. The van der Waals surface area contributed by atoms with Gasteiger partial charge in [-0.3, -0.25) is 14.9 Å². The van der Waals surface area contributed by atoms with Gasteiger partial charge in [-0.25, -0.2) is 0 Å². The normalized spacial score (nSPS) is 16.0. The van der Waals surface area contributed by atoms with Crippen LogP contribution in [0.4, 0.5) is 43.4 Å². The van der Waals surface area contributed by atoms with Crippen LogP contribution in [0, 0.1) is 10.1 Å². The van der Waals surface area contributed by atoms with Gasteiger partial charge in [-0.1, -0.05) is 0 Å². The molecule has 0 saturated carbocycles. The van der Waals surface area contributed by atoms with E-state index < -0.39 is 45.7 Å². The lowest BCUT2D eigenvalue weighted by atomic mass is 10.0. The SMILES string of the molecule is C[C@@H]1CCCCN1c1ccc(C(F)(F)F)cc1NC(=O)c1ccc(Oc2ccc(C(F)(F)F)cc2[N+](=O)[O-])cc1. The topological polar surface area (TPSA) is 84.7 Å². The van der Waals surface area contributed by atoms with Gasteiger partial charge in [-0.15, -0.1) is 0 Å². The van der Waals surface area contributed by atoms with Crippen LogP contribution < -0.4 is 15.0 Å². The van der Waals surface area contributed by atoms with Gasteiger partial charge in [-0.2, -0.15) is 26.3 Å². The number of carbonyl (C=O) groups excluding carboxylic acids is 1. The van der Waals surface area contributed by atoms with E-state index in [2.05, 4.69) is 5.32 Å². The summed E-state index contributed by atoms with van der Waals surface area (Å²) in [6.45, 7) is 2.58. The van der Waals surface area contributed by atoms with Crippen molar-refractivity contribution in [1.29, 1.82) is 0 Å². The number of nitro benzene ring substituents is 1. The summed E-state index contributed by atoms with van der Waals surface area (Å²) >= 11 is 0. The number of amides is 1. The molecule has 1 heterocycles. The number of anilines is 2. The van der Waals surface area contributed by atoms with Gasteiger partial charge < -0.3 is 15.0 Å². The van der Waals surface area contributed by atoms with Crippen LogP contribution in [0.3, 0.4) is 0 Å². The average molecular weight is 567 g/mol. The first-order valence-corrected chi connectivity index (χ1v) is 12.2. The molecule has 0 spiro atoms. The molecular weight excluding hydrogens is 544 g/mol. The molecule has 3 aromatic rings. The van der Waals surface area contributed by atoms with Crippen LogP contribution in [0.25, 0.3) is 0 Å². The second-order valence-electron chi connectivity index (χ2n) is 9.29. The molecule has 4 rings (SSSR count). The van der Waals surface area contributed by atoms with E-state index in [4.69, 9.17) is 4.74 Å². The smallest absolute Gasteiger partial charge is 0.416 e. The van der Waals surface area contributed by atoms with E-state index in [0.717, 1.165) is 37.5 Å². The Labute approximate surface area is 224 Å². The number of ether oxygens (including phenoxy) is 1. The Morgan fingerprint density at radius 1 is 0.950 bits per heavy atom. The van der Waals surface area contributed by atoms with E-state index in [1.165, 1.54) is 30.3 Å². The van der Waals surface area contributed by atoms with Crippen LogP contribution >= 0.6 is 0 Å². The van der Waals surface area contributed by atoms with E-state index in [1.54, 1.807) is 0 Å². The van der Waals surface area contributed by atoms with Crippen LogP contribution in [0.5, 0.6) is 11.5 Å². The summed E-state index contributed by atoms with van der Waals surface area (Å²) in [5.41, 5.74) is -2.54. The highest BCUT2D eigenvalue weighted by molar-refractivity contribution is 6.06. The van der Waals surface area contributed by atoms with E-state index in [9.17, 15) is 41.3 Å². The van der Waals surface area contributed by atoms with Gasteiger partial charge in [0.25, 0.3) is 5.91 Å². The highest BCUT2D eigenvalue weighted by Crippen LogP contribution is 2.39. The second kappa shape index (κ2) is 11.1. The summed E-state index contributed by atoms with van der Waals surface area (Å²) in [6.07, 6.45) is -6.70. The molecule has 0 radical (unpaired) electrons. The Morgan fingerprint density at radius 3 is 2.17 bits per heavy atom. The van der Waals surface area contributed by atoms with Crippen LogP contribution in [-0.4, -0.2) is 23.4 Å². The summed E-state index contributed by atoms with van der Waals surface area (Å²) in [5.74, 6) is -1.17. The summed E-state index contributed by atoms with van der Waals surface area (Å²) < 4.78 is 84.5. The van der Waals surface area contributed by atoms with Crippen molar-refractivity contribution in [2.75, 3.05) is 16.8 Å². The van der Waals surface area contributed by atoms with Crippen molar-refractivity contribution < 1.29 is 40.8 Å². The Morgan fingerprint density at radius 2 is 1.57 bits per heavy atom. The average Bonchev–Trinajstić information content (AvgIpc) is 2.88. The third-order valence-electron chi connectivity index (χ3n) is 6.51. The summed E-state index contributed by atoms with van der Waals surface area (Å²) in [5, 5.41) is 13.8. The third kappa shape index (κ3) is 6.46. The largest absolute Gasteiger partial charge is 0.450 e. The lowest BCUT2D eigenvalue weighted by molar-refractivity contribution is -0.385. The molecule has 40 heavy (non-hydrogen) atoms. The molecule has 1 aliphatic rings. The fraction of sp³-hybridized carbons (Fsp3) is 0.296. The van der Waals surface area contributed by atoms with Crippen molar-refractivity contribution in [3.8, 4) is 11.5 Å². The van der Waals surface area contributed by atoms with Gasteiger partial charge in [-0.05, 0) is 80.8 Å². The zero-order valence-electron chi connectivity index (χ0n) is 21.0. The Hall–Kier alpha value is -4.29. The number of rotatable bonds is 6. The molecule has 1 aliphatic heterocycles. The van der Waals surface area contributed by atoms with Crippen molar-refractivity contribution in [3.05, 3.63) is 87.5 Å². The molecule has 1 N–H and O–H groups in total. The predicted molar refractivity (Wildman–Crippen MR) is 135 cm³/mol. The van der Waals surface area contributed by atoms with Crippen LogP contribution in [0.2, 0.25) is 0 Å². The maximum absolute atomic E-state index is 13.4. The number of halogens is 6. The van der Waals surface area contributed by atoms with Crippen LogP contribution in [0.15, 0.2) is 60.7 Å². The van der Waals surface area contributed by atoms with Gasteiger partial charge >= 0.3 is 18.0 Å². The van der Waals surface area contributed by atoms with E-state index in [1.807, 2.05) is 11.8 Å². The number of hydrogen-bond donors (Lipinski definition) is 1. The molecule has 1 saturated heterocycles. The summed E-state index contributed by atoms with van der Waals surface area (Å²) in [6, 6.07) is 10.1. The lowest BCUT2D eigenvalue weighted by Crippen LogP contribution is -2.38. The Balaban J connectivity index is 1.57. The summed E-state index contributed by atoms with van der Waals surface area (Å²) in [4.78, 5) is 25.2. The number of nitrogens with one attached hydrogen (secondary N) is 1. The molecule has 0 unspecified atom stereocenters. The molecule has 1 atom stereocenters. The highest BCUT2D eigenvalue weighted by atomic mass is 19.4. The fourth-order valence-corrected chi connectivity index (χ4v) is 4.44. The first-order valence-electron chi connectivity index (χ1n) is 12.2. The van der Waals surface area contributed by atoms with Crippen molar-refractivity contribution in [2.24, 2.45) is 0 Å². The van der Waals surface area contributed by atoms with Crippen molar-refractivity contribution >= 4 is 23.0 Å². The molecule has 0 aliphatic carbocycles. The molecule has 0 bridgehead atoms. The minimum Gasteiger partial charge on any atom is -0.450 e. The van der Waals surface area contributed by atoms with E-state index in [-0.39, 0.29) is 23.0 Å². The van der Waals surface area contributed by atoms with Crippen molar-refractivity contribution in [2.45, 2.75) is 44.6 Å². The fourth-order valence-electron chi connectivity index (χ4n) is 4.44. The van der Waals surface area contributed by atoms with Gasteiger partial charge in [0.05, 0.1) is 27.4 Å². The first-order chi connectivity index (χ1) is 18.7. The lowest BCUT2D eigenvalue weighted by Gasteiger charge is -2.36. The molecule has 1 fully saturated rings. The molecule has 1 amide bonds. The number of hydrogen-bond acceptors (Lipinski definition) is 5. The molecule has 7 nitrogen and oxygen atoms in total. The summed E-state index contributed by atoms with van der Waals surface area (Å²) in [7, 11) is 0. The van der Waals surface area contributed by atoms with Crippen LogP contribution in [0.1, 0.15) is 47.7 Å². The van der Waals surface area contributed by atoms with E-state index >= 15 is 0 Å². The maximum Gasteiger partial charge on any atom is 0.416 e. The number of carbonyl (C=O) groups is 1. The molecule has 13 heteroatoms. The second-order valence-corrected chi connectivity index (χ2v) is 9.29. The monoisotopic (exact) mass is 567 g/mol. The molecule has 3 aromatic carbocycles. The number of piperidine rings is 1. The number of alkyl halides is 6. The minimum absolute atomic E-state index is 0.00530. The van der Waals surface area contributed by atoms with Crippen molar-refractivity contribution in [1.82, 2.24) is 0 Å². The molecule has 0 aromatic heterocycles. The number of nitrogens with zero attached hydrogens (tertiary/aromatic N) is 2. The zero-order chi connectivity index (χ0) is 29.2. The van der Waals surface area contributed by atoms with Gasteiger partial charge in [0.15, 0.2) is 0 Å². The zero-order valence-corrected chi connectivity index (χ0v) is 21.0. The van der Waals surface area contributed by atoms with Crippen molar-refractivity contribution in [3.63, 3.8) is 0 Å². The Bertz CT molecular complexity index is 1410.